The summed E-state index contributed by atoms with van der Waals surface area (Å²) in [5, 5.41) is 2.82. The minimum absolute atomic E-state index is 0.105. The number of benzene rings is 1. The number of H-pyrrole nitrogens is 1. The minimum Gasteiger partial charge on any atom is -0.429 e. The molecule has 1 amide bonds. The van der Waals surface area contributed by atoms with Gasteiger partial charge in [0.2, 0.25) is 5.91 Å². The molecule has 0 aliphatic carbocycles. The second kappa shape index (κ2) is 5.26. The Bertz CT molecular complexity index is 808. The van der Waals surface area contributed by atoms with Crippen LogP contribution in [0.1, 0.15) is 5.56 Å². The van der Waals surface area contributed by atoms with Gasteiger partial charge in [0.15, 0.2) is 5.58 Å². The standard InChI is InChI=1S/C14H11N3O2S/c18-13(6-9-2-1-5-15-8-9)16-10-3-4-11-12(7-10)19-14(20)17-11/h1-5,7-8H,6H2,(H,16,18)(H,17,20). The Morgan fingerprint density at radius 1 is 1.40 bits per heavy atom. The summed E-state index contributed by atoms with van der Waals surface area (Å²) in [6, 6.07) is 9.01. The van der Waals surface area contributed by atoms with Gasteiger partial charge in [-0.15, -0.1) is 0 Å². The van der Waals surface area contributed by atoms with Crippen LogP contribution in [0, 0.1) is 4.84 Å². The van der Waals surface area contributed by atoms with Crippen LogP contribution in [-0.2, 0) is 11.2 Å². The smallest absolute Gasteiger partial charge is 0.266 e. The van der Waals surface area contributed by atoms with Crippen molar-refractivity contribution in [1.82, 2.24) is 9.97 Å². The number of anilines is 1. The van der Waals surface area contributed by atoms with Crippen LogP contribution in [0.2, 0.25) is 0 Å². The van der Waals surface area contributed by atoms with Gasteiger partial charge in [0.05, 0.1) is 11.9 Å². The molecule has 0 fully saturated rings. The van der Waals surface area contributed by atoms with Gasteiger partial charge in [-0.3, -0.25) is 9.78 Å². The lowest BCUT2D eigenvalue weighted by atomic mass is 10.2. The molecule has 0 spiro atoms. The fourth-order valence-corrected chi connectivity index (χ4v) is 2.12. The molecule has 100 valence electrons. The molecule has 1 aromatic carbocycles. The number of pyridine rings is 1. The summed E-state index contributed by atoms with van der Waals surface area (Å²) in [6.07, 6.45) is 3.63. The first kappa shape index (κ1) is 12.6. The van der Waals surface area contributed by atoms with Crippen LogP contribution < -0.4 is 5.32 Å². The molecular formula is C14H11N3O2S. The van der Waals surface area contributed by atoms with Crippen molar-refractivity contribution >= 4 is 34.9 Å². The molecule has 0 saturated heterocycles. The number of rotatable bonds is 3. The Labute approximate surface area is 119 Å². The van der Waals surface area contributed by atoms with E-state index in [1.165, 1.54) is 0 Å². The summed E-state index contributed by atoms with van der Waals surface area (Å²) in [4.78, 5) is 19.1. The van der Waals surface area contributed by atoms with Crippen molar-refractivity contribution in [2.24, 2.45) is 0 Å². The number of hydrogen-bond acceptors (Lipinski definition) is 4. The van der Waals surface area contributed by atoms with Gasteiger partial charge >= 0.3 is 0 Å². The number of nitrogens with zero attached hydrogens (tertiary/aromatic N) is 1. The number of amides is 1. The number of hydrogen-bond donors (Lipinski definition) is 2. The fourth-order valence-electron chi connectivity index (χ4n) is 1.92. The molecule has 2 heterocycles. The van der Waals surface area contributed by atoms with E-state index in [2.05, 4.69) is 15.3 Å². The third-order valence-corrected chi connectivity index (χ3v) is 2.98. The number of carbonyl (C=O) groups is 1. The zero-order valence-corrected chi connectivity index (χ0v) is 11.2. The monoisotopic (exact) mass is 285 g/mol. The van der Waals surface area contributed by atoms with Gasteiger partial charge in [-0.05, 0) is 36.0 Å². The van der Waals surface area contributed by atoms with Crippen molar-refractivity contribution in [1.29, 1.82) is 0 Å². The maximum atomic E-state index is 11.9. The van der Waals surface area contributed by atoms with E-state index in [4.69, 9.17) is 16.6 Å². The molecule has 0 aliphatic heterocycles. The van der Waals surface area contributed by atoms with Gasteiger partial charge in [-0.25, -0.2) is 0 Å². The van der Waals surface area contributed by atoms with Crippen LogP contribution in [0.3, 0.4) is 0 Å². The molecule has 5 nitrogen and oxygen atoms in total. The molecule has 3 aromatic rings. The van der Waals surface area contributed by atoms with Crippen molar-refractivity contribution in [2.45, 2.75) is 6.42 Å². The molecule has 3 rings (SSSR count). The van der Waals surface area contributed by atoms with Crippen LogP contribution in [0.25, 0.3) is 11.1 Å². The van der Waals surface area contributed by atoms with Gasteiger partial charge in [0.1, 0.15) is 0 Å². The highest BCUT2D eigenvalue weighted by Gasteiger charge is 2.06. The van der Waals surface area contributed by atoms with Crippen LogP contribution >= 0.6 is 12.2 Å². The molecule has 2 N–H and O–H groups in total. The summed E-state index contributed by atoms with van der Waals surface area (Å²) < 4.78 is 5.31. The lowest BCUT2D eigenvalue weighted by molar-refractivity contribution is -0.115. The highest BCUT2D eigenvalue weighted by molar-refractivity contribution is 7.71. The van der Waals surface area contributed by atoms with Gasteiger partial charge in [-0.2, -0.15) is 0 Å². The molecule has 0 atom stereocenters. The second-order valence-corrected chi connectivity index (χ2v) is 4.68. The molecule has 0 saturated carbocycles. The van der Waals surface area contributed by atoms with E-state index < -0.39 is 0 Å². The number of oxazole rings is 1. The Morgan fingerprint density at radius 2 is 2.30 bits per heavy atom. The van der Waals surface area contributed by atoms with E-state index in [9.17, 15) is 4.79 Å². The zero-order valence-electron chi connectivity index (χ0n) is 10.4. The number of fused-ring (bicyclic) bond motifs is 1. The number of aromatic amines is 1. The highest BCUT2D eigenvalue weighted by atomic mass is 32.1. The number of carbonyl (C=O) groups excluding carboxylic acids is 1. The van der Waals surface area contributed by atoms with Crippen LogP contribution in [0.4, 0.5) is 5.69 Å². The van der Waals surface area contributed by atoms with Crippen LogP contribution in [0.5, 0.6) is 0 Å². The normalized spacial score (nSPS) is 10.6. The van der Waals surface area contributed by atoms with E-state index in [1.807, 2.05) is 12.1 Å². The average Bonchev–Trinajstić information content (AvgIpc) is 2.79. The average molecular weight is 285 g/mol. The lowest BCUT2D eigenvalue weighted by Gasteiger charge is -2.04. The largest absolute Gasteiger partial charge is 0.429 e. The lowest BCUT2D eigenvalue weighted by Crippen LogP contribution is -2.14. The van der Waals surface area contributed by atoms with Gasteiger partial charge < -0.3 is 14.7 Å². The van der Waals surface area contributed by atoms with Crippen molar-refractivity contribution in [3.63, 3.8) is 0 Å². The first-order chi connectivity index (χ1) is 9.70. The molecule has 6 heteroatoms. The van der Waals surface area contributed by atoms with Crippen molar-refractivity contribution < 1.29 is 9.21 Å². The van der Waals surface area contributed by atoms with Crippen molar-refractivity contribution in [3.8, 4) is 0 Å². The molecule has 0 aliphatic rings. The Hall–Kier alpha value is -2.47. The summed E-state index contributed by atoms with van der Waals surface area (Å²) in [5.41, 5.74) is 2.96. The number of aromatic nitrogens is 2. The molecule has 2 aromatic heterocycles. The van der Waals surface area contributed by atoms with Gasteiger partial charge in [0.25, 0.3) is 4.84 Å². The summed E-state index contributed by atoms with van der Waals surface area (Å²) in [7, 11) is 0. The summed E-state index contributed by atoms with van der Waals surface area (Å²) in [5.74, 6) is -0.105. The van der Waals surface area contributed by atoms with Crippen LogP contribution in [0.15, 0.2) is 47.1 Å². The van der Waals surface area contributed by atoms with E-state index in [-0.39, 0.29) is 12.3 Å². The topological polar surface area (TPSA) is 70.9 Å². The molecule has 0 radical (unpaired) electrons. The molecular weight excluding hydrogens is 274 g/mol. The zero-order chi connectivity index (χ0) is 13.9. The third-order valence-electron chi connectivity index (χ3n) is 2.79. The maximum Gasteiger partial charge on any atom is 0.266 e. The second-order valence-electron chi connectivity index (χ2n) is 4.31. The maximum absolute atomic E-state index is 11.9. The third kappa shape index (κ3) is 2.75. The predicted molar refractivity (Wildman–Crippen MR) is 78.0 cm³/mol. The highest BCUT2D eigenvalue weighted by Crippen LogP contribution is 2.18. The predicted octanol–water partition coefficient (Wildman–Crippen LogP) is 3.07. The van der Waals surface area contributed by atoms with Crippen molar-refractivity contribution in [3.05, 3.63) is 53.1 Å². The quantitative estimate of drug-likeness (QED) is 0.725. The SMILES string of the molecule is O=C(Cc1cccnc1)Nc1ccc2[nH]c(=S)oc2c1. The van der Waals surface area contributed by atoms with E-state index in [1.54, 1.807) is 30.6 Å². The Balaban J connectivity index is 1.75. The fraction of sp³-hybridized carbons (Fsp3) is 0.0714. The summed E-state index contributed by atoms with van der Waals surface area (Å²) >= 11 is 4.91. The van der Waals surface area contributed by atoms with Crippen molar-refractivity contribution in [2.75, 3.05) is 5.32 Å². The van der Waals surface area contributed by atoms with E-state index in [0.29, 0.717) is 16.1 Å². The van der Waals surface area contributed by atoms with Gasteiger partial charge in [-0.1, -0.05) is 6.07 Å². The van der Waals surface area contributed by atoms with Crippen LogP contribution in [-0.4, -0.2) is 15.9 Å². The van der Waals surface area contributed by atoms with E-state index >= 15 is 0 Å². The van der Waals surface area contributed by atoms with E-state index in [0.717, 1.165) is 11.1 Å². The number of nitrogens with one attached hydrogen (secondary N) is 2. The summed E-state index contributed by atoms with van der Waals surface area (Å²) in [6.45, 7) is 0. The molecule has 20 heavy (non-hydrogen) atoms. The first-order valence-electron chi connectivity index (χ1n) is 6.02. The van der Waals surface area contributed by atoms with Gasteiger partial charge in [0, 0.05) is 24.1 Å². The molecule has 0 bridgehead atoms. The Kier molecular flexibility index (Phi) is 3.30. The Morgan fingerprint density at radius 3 is 3.10 bits per heavy atom. The first-order valence-corrected chi connectivity index (χ1v) is 6.43. The minimum atomic E-state index is -0.105. The molecule has 0 unspecified atom stereocenters.